The largest absolute Gasteiger partial charge is 0.454 e. The number of Topliss-reactive ketones (excluding diaryl/α,β-unsaturated/α-hetero) is 1. The molecule has 0 fully saturated rings. The van der Waals surface area contributed by atoms with Gasteiger partial charge in [-0.05, 0) is 32.3 Å². The van der Waals surface area contributed by atoms with E-state index in [-0.39, 0.29) is 23.8 Å². The van der Waals surface area contributed by atoms with Gasteiger partial charge in [0.2, 0.25) is 0 Å². The highest BCUT2D eigenvalue weighted by Gasteiger charge is 2.33. The molecule has 3 nitrogen and oxygen atoms in total. The van der Waals surface area contributed by atoms with E-state index in [0.29, 0.717) is 12.0 Å². The third-order valence-electron chi connectivity index (χ3n) is 3.94. The number of hydrogen-bond donors (Lipinski definition) is 0. The van der Waals surface area contributed by atoms with Crippen molar-refractivity contribution in [1.29, 1.82) is 0 Å². The summed E-state index contributed by atoms with van der Waals surface area (Å²) in [6, 6.07) is 0. The lowest BCUT2D eigenvalue weighted by Gasteiger charge is -2.18. The van der Waals surface area contributed by atoms with E-state index in [1.807, 2.05) is 6.92 Å². The topological polar surface area (TPSA) is 43.4 Å². The van der Waals surface area contributed by atoms with Crippen molar-refractivity contribution in [3.05, 3.63) is 22.8 Å². The van der Waals surface area contributed by atoms with Crippen molar-refractivity contribution in [3.63, 3.8) is 0 Å². The number of fused-ring (bicyclic) bond motifs is 1. The van der Waals surface area contributed by atoms with Crippen LogP contribution >= 0.6 is 0 Å². The predicted octanol–water partition coefficient (Wildman–Crippen LogP) is 2.95. The summed E-state index contributed by atoms with van der Waals surface area (Å²) in [5.74, 6) is 0.0203. The molecule has 0 saturated carbocycles. The highest BCUT2D eigenvalue weighted by molar-refractivity contribution is 5.94. The van der Waals surface area contributed by atoms with E-state index in [0.717, 1.165) is 24.8 Å². The van der Waals surface area contributed by atoms with Gasteiger partial charge in [0.1, 0.15) is 11.9 Å². The Balaban J connectivity index is 2.31. The Morgan fingerprint density at radius 1 is 1.28 bits per heavy atom. The fourth-order valence-electron chi connectivity index (χ4n) is 2.55. The van der Waals surface area contributed by atoms with Crippen molar-refractivity contribution < 1.29 is 14.3 Å². The van der Waals surface area contributed by atoms with E-state index in [4.69, 9.17) is 4.74 Å². The summed E-state index contributed by atoms with van der Waals surface area (Å²) in [5.41, 5.74) is 2.77. The Morgan fingerprint density at radius 3 is 2.72 bits per heavy atom. The highest BCUT2D eigenvalue weighted by atomic mass is 16.5. The van der Waals surface area contributed by atoms with E-state index < -0.39 is 0 Å². The maximum Gasteiger partial charge on any atom is 0.334 e. The van der Waals surface area contributed by atoms with Crippen LogP contribution in [0.4, 0.5) is 0 Å². The second kappa shape index (κ2) is 5.09. The molecule has 0 aromatic rings. The molecule has 1 heterocycles. The SMILES string of the molecule is CC1=C2CC(=O)[C@@H](C)CC/C=C(\C)C[C@@H]2OC1=O. The lowest BCUT2D eigenvalue weighted by Crippen LogP contribution is -2.19. The Bertz CT molecular complexity index is 443. The molecule has 0 aromatic heterocycles. The minimum atomic E-state index is -0.262. The summed E-state index contributed by atoms with van der Waals surface area (Å²) in [6.07, 6.45) is 4.85. The summed E-state index contributed by atoms with van der Waals surface area (Å²) in [6.45, 7) is 5.79. The molecule has 0 amide bonds. The summed E-state index contributed by atoms with van der Waals surface area (Å²) < 4.78 is 5.36. The molecule has 0 aromatic carbocycles. The molecule has 18 heavy (non-hydrogen) atoms. The molecule has 98 valence electrons. The fourth-order valence-corrected chi connectivity index (χ4v) is 2.55. The van der Waals surface area contributed by atoms with Crippen LogP contribution in [-0.4, -0.2) is 17.9 Å². The molecule has 0 saturated heterocycles. The molecule has 2 atom stereocenters. The second-order valence-corrected chi connectivity index (χ2v) is 5.42. The van der Waals surface area contributed by atoms with Gasteiger partial charge in [0, 0.05) is 24.3 Å². The van der Waals surface area contributed by atoms with Gasteiger partial charge in [-0.1, -0.05) is 18.6 Å². The number of carbonyl (C=O) groups is 2. The molecule has 1 aliphatic carbocycles. The molecule has 2 aliphatic rings. The Morgan fingerprint density at radius 2 is 2.00 bits per heavy atom. The first kappa shape index (κ1) is 13.1. The quantitative estimate of drug-likeness (QED) is 0.489. The van der Waals surface area contributed by atoms with Gasteiger partial charge < -0.3 is 4.74 Å². The zero-order valence-electron chi connectivity index (χ0n) is 11.3. The molecule has 0 radical (unpaired) electrons. The highest BCUT2D eigenvalue weighted by Crippen LogP contribution is 2.32. The molecule has 0 N–H and O–H groups in total. The summed E-state index contributed by atoms with van der Waals surface area (Å²) in [4.78, 5) is 23.7. The van der Waals surface area contributed by atoms with Crippen molar-refractivity contribution in [1.82, 2.24) is 0 Å². The minimum absolute atomic E-state index is 0.0591. The number of allylic oxidation sites excluding steroid dienone is 1. The van der Waals surface area contributed by atoms with E-state index in [1.165, 1.54) is 5.57 Å². The van der Waals surface area contributed by atoms with Gasteiger partial charge >= 0.3 is 5.97 Å². The molecule has 0 bridgehead atoms. The average molecular weight is 248 g/mol. The van der Waals surface area contributed by atoms with Crippen molar-refractivity contribution in [2.24, 2.45) is 5.92 Å². The molecule has 3 heteroatoms. The van der Waals surface area contributed by atoms with Gasteiger partial charge in [-0.2, -0.15) is 0 Å². The standard InChI is InChI=1S/C15H20O3/c1-9-5-4-6-10(2)13(16)8-12-11(3)15(17)18-14(12)7-9/h5,10,14H,4,6-8H2,1-3H3/b9-5+/t10-,14-/m0/s1. The minimum Gasteiger partial charge on any atom is -0.454 e. The van der Waals surface area contributed by atoms with Crippen LogP contribution in [0.2, 0.25) is 0 Å². The van der Waals surface area contributed by atoms with Crippen LogP contribution in [0.15, 0.2) is 22.8 Å². The van der Waals surface area contributed by atoms with E-state index >= 15 is 0 Å². The number of hydrogen-bond acceptors (Lipinski definition) is 3. The maximum atomic E-state index is 12.1. The van der Waals surface area contributed by atoms with Gasteiger partial charge in [-0.15, -0.1) is 0 Å². The number of ether oxygens (including phenoxy) is 1. The molecule has 2 rings (SSSR count). The zero-order valence-corrected chi connectivity index (χ0v) is 11.3. The monoisotopic (exact) mass is 248 g/mol. The second-order valence-electron chi connectivity index (χ2n) is 5.42. The van der Waals surface area contributed by atoms with E-state index in [9.17, 15) is 9.59 Å². The molecule has 0 spiro atoms. The Labute approximate surface area is 108 Å². The lowest BCUT2D eigenvalue weighted by atomic mass is 9.88. The van der Waals surface area contributed by atoms with Crippen molar-refractivity contribution in [2.75, 3.05) is 0 Å². The molecular formula is C15H20O3. The normalized spacial score (nSPS) is 32.7. The lowest BCUT2D eigenvalue weighted by molar-refractivity contribution is -0.139. The first-order valence-corrected chi connectivity index (χ1v) is 6.58. The van der Waals surface area contributed by atoms with Crippen LogP contribution in [0.1, 0.15) is 46.5 Å². The molecule has 1 aliphatic heterocycles. The number of carbonyl (C=O) groups excluding carboxylic acids is 2. The van der Waals surface area contributed by atoms with Gasteiger partial charge in [0.25, 0.3) is 0 Å². The van der Waals surface area contributed by atoms with Gasteiger partial charge in [0.05, 0.1) is 0 Å². The fraction of sp³-hybridized carbons (Fsp3) is 0.600. The van der Waals surface area contributed by atoms with Crippen LogP contribution < -0.4 is 0 Å². The van der Waals surface area contributed by atoms with Crippen LogP contribution in [-0.2, 0) is 14.3 Å². The number of esters is 1. The first-order chi connectivity index (χ1) is 8.49. The Kier molecular flexibility index (Phi) is 3.69. The average Bonchev–Trinajstić information content (AvgIpc) is 2.56. The summed E-state index contributed by atoms with van der Waals surface area (Å²) in [7, 11) is 0. The van der Waals surface area contributed by atoms with E-state index in [2.05, 4.69) is 13.0 Å². The van der Waals surface area contributed by atoms with Gasteiger partial charge in [-0.3, -0.25) is 4.79 Å². The number of rotatable bonds is 0. The van der Waals surface area contributed by atoms with Crippen LogP contribution in [0, 0.1) is 5.92 Å². The van der Waals surface area contributed by atoms with Crippen LogP contribution in [0.25, 0.3) is 0 Å². The maximum absolute atomic E-state index is 12.1. The van der Waals surface area contributed by atoms with Crippen molar-refractivity contribution >= 4 is 11.8 Å². The summed E-state index contributed by atoms with van der Waals surface area (Å²) >= 11 is 0. The summed E-state index contributed by atoms with van der Waals surface area (Å²) in [5, 5.41) is 0. The van der Waals surface area contributed by atoms with E-state index in [1.54, 1.807) is 6.92 Å². The Hall–Kier alpha value is -1.38. The van der Waals surface area contributed by atoms with Crippen molar-refractivity contribution in [3.8, 4) is 0 Å². The molecule has 0 unspecified atom stereocenters. The van der Waals surface area contributed by atoms with Crippen LogP contribution in [0.3, 0.4) is 0 Å². The first-order valence-electron chi connectivity index (χ1n) is 6.58. The van der Waals surface area contributed by atoms with Gasteiger partial charge in [-0.25, -0.2) is 4.79 Å². The third-order valence-corrected chi connectivity index (χ3v) is 3.94. The third kappa shape index (κ3) is 2.55. The predicted molar refractivity (Wildman–Crippen MR) is 69.0 cm³/mol. The molecular weight excluding hydrogens is 228 g/mol. The smallest absolute Gasteiger partial charge is 0.334 e. The van der Waals surface area contributed by atoms with Crippen molar-refractivity contribution in [2.45, 2.75) is 52.6 Å². The number of ketones is 1. The van der Waals surface area contributed by atoms with Gasteiger partial charge in [0.15, 0.2) is 0 Å². The van der Waals surface area contributed by atoms with Crippen LogP contribution in [0.5, 0.6) is 0 Å². The zero-order chi connectivity index (χ0) is 13.3.